The zero-order valence-electron chi connectivity index (χ0n) is 17.0. The molecule has 1 heterocycles. The topological polar surface area (TPSA) is 145 Å². The molecule has 11 nitrogen and oxygen atoms in total. The van der Waals surface area contributed by atoms with Crippen LogP contribution in [0.1, 0.15) is 6.92 Å². The zero-order valence-corrected chi connectivity index (χ0v) is 17.9. The minimum absolute atomic E-state index is 0.0890. The van der Waals surface area contributed by atoms with E-state index >= 15 is 0 Å². The van der Waals surface area contributed by atoms with Crippen LogP contribution in [0.2, 0.25) is 0 Å². The fourth-order valence-electron chi connectivity index (χ4n) is 2.68. The van der Waals surface area contributed by atoms with Crippen LogP contribution in [0.4, 0.5) is 5.69 Å². The van der Waals surface area contributed by atoms with Crippen LogP contribution in [-0.4, -0.2) is 35.8 Å². The summed E-state index contributed by atoms with van der Waals surface area (Å²) < 4.78 is 24.7. The molecule has 166 valence electrons. The van der Waals surface area contributed by atoms with Gasteiger partial charge < -0.3 is 19.1 Å². The van der Waals surface area contributed by atoms with Gasteiger partial charge in [0.1, 0.15) is 11.3 Å². The molecular formula is C20H18N3O8P. The van der Waals surface area contributed by atoms with Crippen LogP contribution in [0.3, 0.4) is 0 Å². The number of aromatic nitrogens is 1. The number of nitrogens with zero attached hydrogens (tertiary/aromatic N) is 3. The first kappa shape index (κ1) is 22.9. The number of para-hydroxylation sites is 2. The van der Waals surface area contributed by atoms with Crippen LogP contribution in [0.25, 0.3) is 10.9 Å². The van der Waals surface area contributed by atoms with E-state index in [-0.39, 0.29) is 29.7 Å². The summed E-state index contributed by atoms with van der Waals surface area (Å²) in [5.74, 6) is -0.00273. The lowest BCUT2D eigenvalue weighted by atomic mass is 10.1. The van der Waals surface area contributed by atoms with E-state index in [4.69, 9.17) is 14.0 Å². The lowest BCUT2D eigenvalue weighted by molar-refractivity contribution is -0.383. The number of fused-ring (bicyclic) bond motifs is 1. The predicted molar refractivity (Wildman–Crippen MR) is 112 cm³/mol. The predicted octanol–water partition coefficient (Wildman–Crippen LogP) is 3.35. The Morgan fingerprint density at radius 2 is 1.84 bits per heavy atom. The molecule has 2 atom stereocenters. The Labute approximate surface area is 183 Å². The summed E-state index contributed by atoms with van der Waals surface area (Å²) in [6, 6.07) is 11.4. The van der Waals surface area contributed by atoms with Crippen LogP contribution in [0, 0.1) is 10.1 Å². The van der Waals surface area contributed by atoms with Crippen molar-refractivity contribution in [1.29, 1.82) is 0 Å². The SMILES string of the molecule is COC(=O)[C@H](C)N=[P+]([O-])Oc1ccccc1OCOc1ccc([N+](=O)[O-])c2cccnc12. The third-order valence-corrected chi connectivity index (χ3v) is 5.06. The maximum Gasteiger partial charge on any atom is 0.395 e. The average Bonchev–Trinajstić information content (AvgIpc) is 2.79. The molecule has 0 aliphatic carbocycles. The van der Waals surface area contributed by atoms with Gasteiger partial charge in [-0.05, 0) is 37.3 Å². The fourth-order valence-corrected chi connectivity index (χ4v) is 3.42. The summed E-state index contributed by atoms with van der Waals surface area (Å²) in [6.07, 6.45) is 1.50. The lowest BCUT2D eigenvalue weighted by Gasteiger charge is -2.12. The Morgan fingerprint density at radius 1 is 1.12 bits per heavy atom. The fraction of sp³-hybridized carbons (Fsp3) is 0.200. The number of nitro groups is 1. The maximum absolute atomic E-state index is 12.1. The highest BCUT2D eigenvalue weighted by atomic mass is 31.1. The average molecular weight is 459 g/mol. The molecule has 0 radical (unpaired) electrons. The number of nitro benzene ring substituents is 1. The van der Waals surface area contributed by atoms with Crippen molar-refractivity contribution in [3.63, 3.8) is 0 Å². The molecule has 0 spiro atoms. The summed E-state index contributed by atoms with van der Waals surface area (Å²) in [4.78, 5) is 38.4. The number of pyridine rings is 1. The van der Waals surface area contributed by atoms with Crippen molar-refractivity contribution in [3.05, 3.63) is 64.8 Å². The van der Waals surface area contributed by atoms with Crippen molar-refractivity contribution in [2.24, 2.45) is 4.74 Å². The van der Waals surface area contributed by atoms with Gasteiger partial charge in [0.2, 0.25) is 12.5 Å². The third-order valence-electron chi connectivity index (χ3n) is 4.17. The van der Waals surface area contributed by atoms with Gasteiger partial charge in [0.15, 0.2) is 11.8 Å². The van der Waals surface area contributed by atoms with E-state index in [2.05, 4.69) is 14.5 Å². The molecule has 1 unspecified atom stereocenters. The maximum atomic E-state index is 12.1. The van der Waals surface area contributed by atoms with Crippen molar-refractivity contribution in [3.8, 4) is 17.2 Å². The number of hydrogen-bond donors (Lipinski definition) is 0. The van der Waals surface area contributed by atoms with Crippen LogP contribution in [0.15, 0.2) is 59.5 Å². The highest BCUT2D eigenvalue weighted by molar-refractivity contribution is 7.34. The molecule has 0 fully saturated rings. The summed E-state index contributed by atoms with van der Waals surface area (Å²) in [7, 11) is -1.36. The Morgan fingerprint density at radius 3 is 2.56 bits per heavy atom. The van der Waals surface area contributed by atoms with Gasteiger partial charge in [0.05, 0.1) is 17.4 Å². The van der Waals surface area contributed by atoms with E-state index < -0.39 is 25.1 Å². The van der Waals surface area contributed by atoms with Gasteiger partial charge in [-0.1, -0.05) is 16.9 Å². The van der Waals surface area contributed by atoms with Gasteiger partial charge in [0.25, 0.3) is 5.69 Å². The smallest absolute Gasteiger partial charge is 0.395 e. The highest BCUT2D eigenvalue weighted by Gasteiger charge is 2.19. The molecule has 12 heteroatoms. The summed E-state index contributed by atoms with van der Waals surface area (Å²) in [5.41, 5.74) is 0.224. The molecule has 0 aliphatic rings. The van der Waals surface area contributed by atoms with Crippen LogP contribution >= 0.6 is 8.17 Å². The monoisotopic (exact) mass is 459 g/mol. The molecular weight excluding hydrogens is 441 g/mol. The van der Waals surface area contributed by atoms with Gasteiger partial charge in [-0.25, -0.2) is 4.79 Å². The number of esters is 1. The second kappa shape index (κ2) is 10.5. The number of non-ortho nitro benzene ring substituents is 1. The molecule has 2 aromatic carbocycles. The first-order chi connectivity index (χ1) is 15.4. The number of hydrogen-bond acceptors (Lipinski definition) is 10. The van der Waals surface area contributed by atoms with Gasteiger partial charge >= 0.3 is 14.1 Å². The van der Waals surface area contributed by atoms with Crippen molar-refractivity contribution in [2.45, 2.75) is 13.0 Å². The Bertz CT molecular complexity index is 1170. The molecule has 0 saturated heterocycles. The number of carbonyl (C=O) groups excluding carboxylic acids is 1. The molecule has 1 aromatic heterocycles. The Balaban J connectivity index is 1.72. The number of methoxy groups -OCH3 is 1. The van der Waals surface area contributed by atoms with E-state index in [1.165, 1.54) is 38.4 Å². The molecule has 0 saturated carbocycles. The molecule has 0 aliphatic heterocycles. The van der Waals surface area contributed by atoms with Gasteiger partial charge in [0, 0.05) is 12.3 Å². The largest absolute Gasteiger partial charge is 0.575 e. The lowest BCUT2D eigenvalue weighted by Crippen LogP contribution is -2.16. The number of rotatable bonds is 9. The first-order valence-corrected chi connectivity index (χ1v) is 10.3. The minimum Gasteiger partial charge on any atom is -0.575 e. The Hall–Kier alpha value is -3.82. The van der Waals surface area contributed by atoms with Crippen molar-refractivity contribution >= 4 is 30.7 Å². The second-order valence-electron chi connectivity index (χ2n) is 6.24. The van der Waals surface area contributed by atoms with Crippen LogP contribution in [0.5, 0.6) is 17.2 Å². The highest BCUT2D eigenvalue weighted by Crippen LogP contribution is 2.34. The number of ether oxygens (including phenoxy) is 3. The van der Waals surface area contributed by atoms with Crippen LogP contribution < -0.4 is 18.9 Å². The Kier molecular flexibility index (Phi) is 7.48. The van der Waals surface area contributed by atoms with Crippen molar-refractivity contribution < 1.29 is 33.3 Å². The summed E-state index contributed by atoms with van der Waals surface area (Å²) in [6.45, 7) is 1.15. The number of benzene rings is 2. The molecule has 0 amide bonds. The molecule has 0 bridgehead atoms. The summed E-state index contributed by atoms with van der Waals surface area (Å²) in [5, 5.41) is 11.5. The number of carbonyl (C=O) groups is 1. The quantitative estimate of drug-likeness (QED) is 0.155. The normalized spacial score (nSPS) is 12.2. The van der Waals surface area contributed by atoms with Gasteiger partial charge in [-0.15, -0.1) is 0 Å². The van der Waals surface area contributed by atoms with Crippen molar-refractivity contribution in [1.82, 2.24) is 4.98 Å². The van der Waals surface area contributed by atoms with Gasteiger partial charge in [-0.2, -0.15) is 0 Å². The molecule has 3 aromatic rings. The van der Waals surface area contributed by atoms with Crippen LogP contribution in [-0.2, 0) is 9.53 Å². The van der Waals surface area contributed by atoms with Gasteiger partial charge in [-0.3, -0.25) is 19.6 Å². The zero-order chi connectivity index (χ0) is 23.1. The van der Waals surface area contributed by atoms with E-state index in [0.717, 1.165) is 0 Å². The summed E-state index contributed by atoms with van der Waals surface area (Å²) >= 11 is 0. The third kappa shape index (κ3) is 5.45. The van der Waals surface area contributed by atoms with E-state index in [1.807, 2.05) is 0 Å². The first-order valence-electron chi connectivity index (χ1n) is 9.21. The minimum atomic E-state index is -2.56. The van der Waals surface area contributed by atoms with E-state index in [0.29, 0.717) is 10.9 Å². The molecule has 0 N–H and O–H groups in total. The molecule has 32 heavy (non-hydrogen) atoms. The second-order valence-corrected chi connectivity index (χ2v) is 7.13. The van der Waals surface area contributed by atoms with E-state index in [1.54, 1.807) is 30.3 Å². The van der Waals surface area contributed by atoms with E-state index in [9.17, 15) is 19.8 Å². The van der Waals surface area contributed by atoms with Crippen molar-refractivity contribution in [2.75, 3.05) is 13.9 Å². The standard InChI is InChI=1S/C20H18N3O8P/c1-13(20(24)28-2)22-32(27)31-17-8-4-3-7-16(17)29-12-30-18-10-9-15(23(25)26)14-6-5-11-21-19(14)18/h3-11,13H,12H2,1-2H3/t13-/m0/s1. The molecule has 3 rings (SSSR count).